The van der Waals surface area contributed by atoms with Crippen molar-refractivity contribution in [1.29, 1.82) is 0 Å². The number of nitrogens with two attached hydrogens (primary N) is 1. The van der Waals surface area contributed by atoms with Gasteiger partial charge in [-0.05, 0) is 44.1 Å². The van der Waals surface area contributed by atoms with Crippen molar-refractivity contribution in [3.63, 3.8) is 0 Å². The summed E-state index contributed by atoms with van der Waals surface area (Å²) in [6.45, 7) is 3.83. The zero-order valence-corrected chi connectivity index (χ0v) is 12.5. The first-order valence-electron chi connectivity index (χ1n) is 7.22. The van der Waals surface area contributed by atoms with E-state index in [0.717, 1.165) is 19.6 Å². The number of likely N-dealkylation sites (tertiary alicyclic amines) is 1. The van der Waals surface area contributed by atoms with Gasteiger partial charge in [-0.3, -0.25) is 4.79 Å². The topological polar surface area (TPSA) is 58.4 Å². The lowest BCUT2D eigenvalue weighted by Gasteiger charge is -2.19. The van der Waals surface area contributed by atoms with Gasteiger partial charge < -0.3 is 16.0 Å². The van der Waals surface area contributed by atoms with E-state index in [1.54, 1.807) is 18.2 Å². The first-order valence-corrected chi connectivity index (χ1v) is 7.60. The van der Waals surface area contributed by atoms with Crippen molar-refractivity contribution >= 4 is 23.2 Å². The zero-order valence-electron chi connectivity index (χ0n) is 11.7. The summed E-state index contributed by atoms with van der Waals surface area (Å²) in [4.78, 5) is 14.4. The lowest BCUT2D eigenvalue weighted by Crippen LogP contribution is -2.35. The third-order valence-electron chi connectivity index (χ3n) is 3.65. The van der Waals surface area contributed by atoms with Crippen LogP contribution in [-0.4, -0.2) is 37.0 Å². The fourth-order valence-electron chi connectivity index (χ4n) is 2.50. The van der Waals surface area contributed by atoms with Crippen LogP contribution in [0.5, 0.6) is 0 Å². The van der Waals surface area contributed by atoms with Crippen molar-refractivity contribution in [1.82, 2.24) is 10.2 Å². The molecule has 3 N–H and O–H groups in total. The molecule has 0 spiro atoms. The Morgan fingerprint density at radius 2 is 1.95 bits per heavy atom. The van der Waals surface area contributed by atoms with E-state index in [9.17, 15) is 4.79 Å². The van der Waals surface area contributed by atoms with Crippen LogP contribution in [0.3, 0.4) is 0 Å². The van der Waals surface area contributed by atoms with Crippen LogP contribution in [0.15, 0.2) is 18.2 Å². The largest absolute Gasteiger partial charge is 0.399 e. The van der Waals surface area contributed by atoms with Crippen molar-refractivity contribution in [2.24, 2.45) is 0 Å². The Hall–Kier alpha value is -1.26. The predicted octanol–water partition coefficient (Wildman–Crippen LogP) is 2.53. The van der Waals surface area contributed by atoms with Crippen molar-refractivity contribution < 1.29 is 4.79 Å². The van der Waals surface area contributed by atoms with E-state index >= 15 is 0 Å². The molecular weight excluding hydrogens is 274 g/mol. The summed E-state index contributed by atoms with van der Waals surface area (Å²) < 4.78 is 0. The van der Waals surface area contributed by atoms with Gasteiger partial charge >= 0.3 is 0 Å². The normalized spacial score (nSPS) is 16.6. The molecule has 1 amide bonds. The predicted molar refractivity (Wildman–Crippen MR) is 83.1 cm³/mol. The molecule has 0 saturated carbocycles. The van der Waals surface area contributed by atoms with Crippen LogP contribution >= 0.6 is 11.6 Å². The van der Waals surface area contributed by atoms with Gasteiger partial charge in [0.1, 0.15) is 0 Å². The summed E-state index contributed by atoms with van der Waals surface area (Å²) in [6, 6.07) is 4.96. The molecule has 0 aliphatic carbocycles. The van der Waals surface area contributed by atoms with Gasteiger partial charge in [0.15, 0.2) is 0 Å². The summed E-state index contributed by atoms with van der Waals surface area (Å²) in [7, 11) is 0. The number of benzene rings is 1. The number of hydrogen-bond acceptors (Lipinski definition) is 3. The molecule has 0 aromatic heterocycles. The Morgan fingerprint density at radius 3 is 2.60 bits per heavy atom. The molecule has 1 aromatic carbocycles. The maximum Gasteiger partial charge on any atom is 0.252 e. The number of carbonyl (C=O) groups is 1. The SMILES string of the molecule is Nc1ccc(C(=O)NCCN2CCCCCC2)c(Cl)c1. The van der Waals surface area contributed by atoms with Gasteiger partial charge in [-0.25, -0.2) is 0 Å². The standard InChI is InChI=1S/C15H22ClN3O/c16-14-11-12(17)5-6-13(14)15(20)18-7-10-19-8-3-1-2-4-9-19/h5-6,11H,1-4,7-10,17H2,(H,18,20). The lowest BCUT2D eigenvalue weighted by atomic mass is 10.2. The van der Waals surface area contributed by atoms with Gasteiger partial charge in [0.05, 0.1) is 10.6 Å². The number of halogens is 1. The van der Waals surface area contributed by atoms with Gasteiger partial charge in [0.2, 0.25) is 0 Å². The zero-order chi connectivity index (χ0) is 14.4. The number of amides is 1. The van der Waals surface area contributed by atoms with Crippen molar-refractivity contribution in [2.75, 3.05) is 31.9 Å². The molecule has 5 heteroatoms. The van der Waals surface area contributed by atoms with Crippen LogP contribution in [0.1, 0.15) is 36.0 Å². The fourth-order valence-corrected chi connectivity index (χ4v) is 2.77. The Balaban J connectivity index is 1.79. The van der Waals surface area contributed by atoms with E-state index in [-0.39, 0.29) is 5.91 Å². The monoisotopic (exact) mass is 295 g/mol. The molecule has 0 unspecified atom stereocenters. The van der Waals surface area contributed by atoms with Crippen LogP contribution in [-0.2, 0) is 0 Å². The Morgan fingerprint density at radius 1 is 1.25 bits per heavy atom. The Kier molecular flexibility index (Phi) is 5.68. The fraction of sp³-hybridized carbons (Fsp3) is 0.533. The van der Waals surface area contributed by atoms with Crippen LogP contribution < -0.4 is 11.1 Å². The minimum absolute atomic E-state index is 0.134. The molecule has 1 saturated heterocycles. The summed E-state index contributed by atoms with van der Waals surface area (Å²) in [5.41, 5.74) is 6.67. The number of nitrogens with zero attached hydrogens (tertiary/aromatic N) is 1. The maximum absolute atomic E-state index is 12.0. The highest BCUT2D eigenvalue weighted by Crippen LogP contribution is 2.18. The average Bonchev–Trinajstić information content (AvgIpc) is 2.67. The molecule has 20 heavy (non-hydrogen) atoms. The molecule has 0 bridgehead atoms. The van der Waals surface area contributed by atoms with Gasteiger partial charge in [-0.1, -0.05) is 24.4 Å². The average molecular weight is 296 g/mol. The molecule has 0 atom stereocenters. The summed E-state index contributed by atoms with van der Waals surface area (Å²) >= 11 is 6.02. The molecule has 0 radical (unpaired) electrons. The van der Waals surface area contributed by atoms with Gasteiger partial charge in [0.25, 0.3) is 5.91 Å². The van der Waals surface area contributed by atoms with Crippen LogP contribution in [0.25, 0.3) is 0 Å². The third-order valence-corrected chi connectivity index (χ3v) is 3.96. The Bertz CT molecular complexity index is 456. The summed E-state index contributed by atoms with van der Waals surface area (Å²) in [5, 5.41) is 3.32. The molecule has 1 fully saturated rings. The molecule has 1 aliphatic heterocycles. The van der Waals surface area contributed by atoms with E-state index < -0.39 is 0 Å². The summed E-state index contributed by atoms with van der Waals surface area (Å²) in [5.74, 6) is -0.134. The van der Waals surface area contributed by atoms with Gasteiger partial charge in [-0.2, -0.15) is 0 Å². The highest BCUT2D eigenvalue weighted by molar-refractivity contribution is 6.34. The molecule has 1 aliphatic rings. The van der Waals surface area contributed by atoms with Gasteiger partial charge in [-0.15, -0.1) is 0 Å². The van der Waals surface area contributed by atoms with E-state index in [2.05, 4.69) is 10.2 Å². The van der Waals surface area contributed by atoms with Crippen molar-refractivity contribution in [2.45, 2.75) is 25.7 Å². The minimum Gasteiger partial charge on any atom is -0.399 e. The first-order chi connectivity index (χ1) is 9.66. The number of nitrogens with one attached hydrogen (secondary N) is 1. The maximum atomic E-state index is 12.0. The highest BCUT2D eigenvalue weighted by atomic mass is 35.5. The van der Waals surface area contributed by atoms with E-state index in [0.29, 0.717) is 22.8 Å². The first kappa shape index (κ1) is 15.1. The second-order valence-electron chi connectivity index (χ2n) is 5.25. The molecule has 4 nitrogen and oxygen atoms in total. The molecule has 1 aromatic rings. The second-order valence-corrected chi connectivity index (χ2v) is 5.66. The second kappa shape index (κ2) is 7.50. The van der Waals surface area contributed by atoms with Crippen molar-refractivity contribution in [3.05, 3.63) is 28.8 Å². The molecular formula is C15H22ClN3O. The lowest BCUT2D eigenvalue weighted by molar-refractivity contribution is 0.0948. The number of rotatable bonds is 4. The molecule has 1 heterocycles. The Labute approximate surface area is 125 Å². The van der Waals surface area contributed by atoms with E-state index in [1.807, 2.05) is 0 Å². The van der Waals surface area contributed by atoms with Gasteiger partial charge in [0, 0.05) is 18.8 Å². The quantitative estimate of drug-likeness (QED) is 0.839. The number of anilines is 1. The van der Waals surface area contributed by atoms with Crippen molar-refractivity contribution in [3.8, 4) is 0 Å². The smallest absolute Gasteiger partial charge is 0.252 e. The van der Waals surface area contributed by atoms with E-state index in [1.165, 1.54) is 25.7 Å². The molecule has 110 valence electrons. The van der Waals surface area contributed by atoms with Crippen LogP contribution in [0.4, 0.5) is 5.69 Å². The van der Waals surface area contributed by atoms with E-state index in [4.69, 9.17) is 17.3 Å². The highest BCUT2D eigenvalue weighted by Gasteiger charge is 2.12. The third kappa shape index (κ3) is 4.39. The summed E-state index contributed by atoms with van der Waals surface area (Å²) in [6.07, 6.45) is 5.17. The molecule has 2 rings (SSSR count). The number of hydrogen-bond donors (Lipinski definition) is 2. The number of nitrogen functional groups attached to an aromatic ring is 1. The van der Waals surface area contributed by atoms with Crippen LogP contribution in [0.2, 0.25) is 5.02 Å². The number of carbonyl (C=O) groups excluding carboxylic acids is 1. The van der Waals surface area contributed by atoms with Crippen LogP contribution in [0, 0.1) is 0 Å². The minimum atomic E-state index is -0.134.